The number of hydrogen-bond acceptors (Lipinski definition) is 2. The highest BCUT2D eigenvalue weighted by molar-refractivity contribution is 6.21. The van der Waals surface area contributed by atoms with Gasteiger partial charge in [0.25, 0.3) is 0 Å². The summed E-state index contributed by atoms with van der Waals surface area (Å²) >= 11 is 0. The van der Waals surface area contributed by atoms with Gasteiger partial charge in [0.1, 0.15) is 0 Å². The molecule has 0 radical (unpaired) electrons. The largest absolute Gasteiger partial charge is 0.481 e. The molecule has 3 nitrogen and oxygen atoms in total. The Hall–Kier alpha value is -2.68. The third-order valence-corrected chi connectivity index (χ3v) is 3.35. The molecule has 0 heterocycles. The summed E-state index contributed by atoms with van der Waals surface area (Å²) in [6.07, 6.45) is 3.28. The first-order valence-electron chi connectivity index (χ1n) is 6.33. The number of carbonyl (C=O) groups excluding carboxylic acids is 1. The lowest BCUT2D eigenvalue weighted by Crippen LogP contribution is -1.95. The SMILES string of the molecule is O=C(O)CC=Cc1ccc2c(c1)C(=O)c1ccccc1-2. The fourth-order valence-corrected chi connectivity index (χ4v) is 2.45. The van der Waals surface area contributed by atoms with Crippen LogP contribution >= 0.6 is 0 Å². The first-order chi connectivity index (χ1) is 9.66. The van der Waals surface area contributed by atoms with E-state index in [2.05, 4.69) is 0 Å². The van der Waals surface area contributed by atoms with Crippen molar-refractivity contribution < 1.29 is 14.7 Å². The Labute approximate surface area is 116 Å². The molecule has 2 aromatic carbocycles. The van der Waals surface area contributed by atoms with Gasteiger partial charge in [0.2, 0.25) is 0 Å². The van der Waals surface area contributed by atoms with Crippen LogP contribution in [-0.4, -0.2) is 16.9 Å². The highest BCUT2D eigenvalue weighted by Gasteiger charge is 2.25. The Bertz CT molecular complexity index is 742. The number of benzene rings is 2. The Morgan fingerprint density at radius 1 is 1.00 bits per heavy atom. The zero-order valence-corrected chi connectivity index (χ0v) is 10.7. The summed E-state index contributed by atoms with van der Waals surface area (Å²) in [6.45, 7) is 0. The molecule has 0 unspecified atom stereocenters. The van der Waals surface area contributed by atoms with Crippen LogP contribution in [0.3, 0.4) is 0 Å². The molecule has 0 spiro atoms. The number of fused-ring (bicyclic) bond motifs is 3. The average Bonchev–Trinajstić information content (AvgIpc) is 2.73. The molecule has 3 heteroatoms. The highest BCUT2D eigenvalue weighted by atomic mass is 16.4. The summed E-state index contributed by atoms with van der Waals surface area (Å²) < 4.78 is 0. The Morgan fingerprint density at radius 2 is 1.70 bits per heavy atom. The molecular formula is C17H12O3. The quantitative estimate of drug-likeness (QED) is 0.789. The molecule has 0 saturated heterocycles. The topological polar surface area (TPSA) is 54.4 Å². The van der Waals surface area contributed by atoms with E-state index in [9.17, 15) is 9.59 Å². The molecule has 20 heavy (non-hydrogen) atoms. The van der Waals surface area contributed by atoms with Crippen LogP contribution < -0.4 is 0 Å². The number of rotatable bonds is 3. The van der Waals surface area contributed by atoms with Gasteiger partial charge < -0.3 is 5.11 Å². The predicted molar refractivity (Wildman–Crippen MR) is 76.6 cm³/mol. The molecule has 0 bridgehead atoms. The summed E-state index contributed by atoms with van der Waals surface area (Å²) in [5, 5.41) is 8.60. The summed E-state index contributed by atoms with van der Waals surface area (Å²) in [6, 6.07) is 13.2. The standard InChI is InChI=1S/C17H12O3/c18-16(19)7-3-4-11-8-9-13-12-5-1-2-6-14(12)17(20)15(13)10-11/h1-6,8-10H,7H2,(H,18,19). The van der Waals surface area contributed by atoms with Crippen LogP contribution in [0.1, 0.15) is 27.9 Å². The van der Waals surface area contributed by atoms with Crippen molar-refractivity contribution in [3.05, 3.63) is 65.2 Å². The summed E-state index contributed by atoms with van der Waals surface area (Å²) in [5.41, 5.74) is 4.17. The molecule has 1 aliphatic carbocycles. The second-order valence-corrected chi connectivity index (χ2v) is 4.68. The maximum absolute atomic E-state index is 12.3. The minimum Gasteiger partial charge on any atom is -0.481 e. The molecule has 0 aromatic heterocycles. The predicted octanol–water partition coefficient (Wildman–Crippen LogP) is 3.39. The fourth-order valence-electron chi connectivity index (χ4n) is 2.45. The number of ketones is 1. The van der Waals surface area contributed by atoms with E-state index in [-0.39, 0.29) is 12.2 Å². The van der Waals surface area contributed by atoms with E-state index in [4.69, 9.17) is 5.11 Å². The third kappa shape index (κ3) is 2.03. The Kier molecular flexibility index (Phi) is 2.95. The Balaban J connectivity index is 1.98. The lowest BCUT2D eigenvalue weighted by atomic mass is 10.0. The van der Waals surface area contributed by atoms with Gasteiger partial charge >= 0.3 is 5.97 Å². The van der Waals surface area contributed by atoms with E-state index in [1.165, 1.54) is 0 Å². The van der Waals surface area contributed by atoms with Crippen molar-refractivity contribution in [1.82, 2.24) is 0 Å². The molecular weight excluding hydrogens is 252 g/mol. The third-order valence-electron chi connectivity index (χ3n) is 3.35. The molecule has 0 aliphatic heterocycles. The second-order valence-electron chi connectivity index (χ2n) is 4.68. The van der Waals surface area contributed by atoms with E-state index >= 15 is 0 Å². The van der Waals surface area contributed by atoms with E-state index in [0.29, 0.717) is 5.56 Å². The molecule has 0 fully saturated rings. The van der Waals surface area contributed by atoms with Crippen LogP contribution in [-0.2, 0) is 4.79 Å². The van der Waals surface area contributed by atoms with Crippen molar-refractivity contribution in [3.8, 4) is 11.1 Å². The van der Waals surface area contributed by atoms with Crippen molar-refractivity contribution in [1.29, 1.82) is 0 Å². The molecule has 1 N–H and O–H groups in total. The van der Waals surface area contributed by atoms with Crippen LogP contribution in [0, 0.1) is 0 Å². The smallest absolute Gasteiger partial charge is 0.307 e. The molecule has 0 atom stereocenters. The van der Waals surface area contributed by atoms with Gasteiger partial charge in [-0.15, -0.1) is 0 Å². The van der Waals surface area contributed by atoms with Gasteiger partial charge in [-0.25, -0.2) is 0 Å². The minimum atomic E-state index is -0.870. The maximum Gasteiger partial charge on any atom is 0.307 e. The first-order valence-corrected chi connectivity index (χ1v) is 6.33. The van der Waals surface area contributed by atoms with Gasteiger partial charge in [-0.05, 0) is 22.8 Å². The van der Waals surface area contributed by atoms with Crippen molar-refractivity contribution in [2.75, 3.05) is 0 Å². The van der Waals surface area contributed by atoms with E-state index in [0.717, 1.165) is 22.3 Å². The molecule has 0 amide bonds. The van der Waals surface area contributed by atoms with Crippen molar-refractivity contribution in [3.63, 3.8) is 0 Å². The average molecular weight is 264 g/mol. The zero-order valence-electron chi connectivity index (χ0n) is 10.7. The lowest BCUT2D eigenvalue weighted by molar-refractivity contribution is -0.135. The van der Waals surface area contributed by atoms with E-state index in [1.54, 1.807) is 12.2 Å². The highest BCUT2D eigenvalue weighted by Crippen LogP contribution is 2.36. The molecule has 2 aromatic rings. The zero-order chi connectivity index (χ0) is 14.1. The van der Waals surface area contributed by atoms with Gasteiger partial charge in [-0.3, -0.25) is 9.59 Å². The van der Waals surface area contributed by atoms with Crippen LogP contribution in [0.25, 0.3) is 17.2 Å². The molecule has 0 saturated carbocycles. The monoisotopic (exact) mass is 264 g/mol. The van der Waals surface area contributed by atoms with Crippen LogP contribution in [0.15, 0.2) is 48.5 Å². The molecule has 1 aliphatic rings. The van der Waals surface area contributed by atoms with Crippen LogP contribution in [0.5, 0.6) is 0 Å². The van der Waals surface area contributed by atoms with Gasteiger partial charge in [0.05, 0.1) is 6.42 Å². The maximum atomic E-state index is 12.3. The fraction of sp³-hybridized carbons (Fsp3) is 0.0588. The summed E-state index contributed by atoms with van der Waals surface area (Å²) in [5.74, 6) is -0.838. The normalized spacial score (nSPS) is 12.5. The molecule has 3 rings (SSSR count). The number of hydrogen-bond donors (Lipinski definition) is 1. The van der Waals surface area contributed by atoms with Crippen molar-refractivity contribution in [2.24, 2.45) is 0 Å². The summed E-state index contributed by atoms with van der Waals surface area (Å²) in [4.78, 5) is 22.8. The summed E-state index contributed by atoms with van der Waals surface area (Å²) in [7, 11) is 0. The molecule has 98 valence electrons. The lowest BCUT2D eigenvalue weighted by Gasteiger charge is -2.00. The van der Waals surface area contributed by atoms with Crippen LogP contribution in [0.2, 0.25) is 0 Å². The van der Waals surface area contributed by atoms with Crippen molar-refractivity contribution in [2.45, 2.75) is 6.42 Å². The van der Waals surface area contributed by atoms with Gasteiger partial charge in [0, 0.05) is 11.1 Å². The number of aliphatic carboxylic acids is 1. The van der Waals surface area contributed by atoms with E-state index < -0.39 is 5.97 Å². The van der Waals surface area contributed by atoms with Gasteiger partial charge in [-0.2, -0.15) is 0 Å². The Morgan fingerprint density at radius 3 is 2.45 bits per heavy atom. The van der Waals surface area contributed by atoms with Crippen LogP contribution in [0.4, 0.5) is 0 Å². The number of carboxylic acids is 1. The number of carboxylic acid groups (broad SMARTS) is 1. The van der Waals surface area contributed by atoms with Crippen molar-refractivity contribution >= 4 is 17.8 Å². The minimum absolute atomic E-state index is 0.0226. The van der Waals surface area contributed by atoms with Gasteiger partial charge in [0.15, 0.2) is 5.78 Å². The van der Waals surface area contributed by atoms with Gasteiger partial charge in [-0.1, -0.05) is 48.6 Å². The first kappa shape index (κ1) is 12.4. The van der Waals surface area contributed by atoms with E-state index in [1.807, 2.05) is 42.5 Å². The second kappa shape index (κ2) is 4.78. The number of carbonyl (C=O) groups is 2.